The maximum Gasteiger partial charge on any atom is 0.335 e. The van der Waals surface area contributed by atoms with Crippen LogP contribution in [0.5, 0.6) is 5.75 Å². The highest BCUT2D eigenvalue weighted by atomic mass is 79.9. The number of carbonyl (C=O) groups is 2. The average molecular weight is 358 g/mol. The number of nitrogens with zero attached hydrogens (tertiary/aromatic N) is 1. The second kappa shape index (κ2) is 6.91. The molecule has 6 nitrogen and oxygen atoms in total. The molecule has 1 heterocycles. The fourth-order valence-corrected chi connectivity index (χ4v) is 2.48. The number of carboxylic acid groups (broad SMARTS) is 1. The number of rotatable bonds is 4. The van der Waals surface area contributed by atoms with Crippen molar-refractivity contribution in [3.8, 4) is 5.75 Å². The molecule has 1 unspecified atom stereocenters. The average Bonchev–Trinajstić information content (AvgIpc) is 2.49. The molecule has 1 atom stereocenters. The van der Waals surface area contributed by atoms with Crippen molar-refractivity contribution in [1.29, 1.82) is 0 Å². The van der Waals surface area contributed by atoms with Crippen LogP contribution in [0.15, 0.2) is 22.7 Å². The zero-order valence-electron chi connectivity index (χ0n) is 11.5. The topological polar surface area (TPSA) is 76.1 Å². The van der Waals surface area contributed by atoms with E-state index in [2.05, 4.69) is 15.9 Å². The lowest BCUT2D eigenvalue weighted by Crippen LogP contribution is -2.46. The van der Waals surface area contributed by atoms with E-state index in [0.29, 0.717) is 36.5 Å². The molecule has 0 radical (unpaired) electrons. The largest absolute Gasteiger partial charge is 0.480 e. The van der Waals surface area contributed by atoms with Gasteiger partial charge in [0, 0.05) is 13.1 Å². The highest BCUT2D eigenvalue weighted by Crippen LogP contribution is 2.27. The summed E-state index contributed by atoms with van der Waals surface area (Å²) in [7, 11) is 0. The van der Waals surface area contributed by atoms with Crippen LogP contribution in [-0.4, -0.2) is 54.3 Å². The van der Waals surface area contributed by atoms with E-state index in [1.807, 2.05) is 0 Å². The van der Waals surface area contributed by atoms with E-state index in [1.165, 1.54) is 18.2 Å². The minimum Gasteiger partial charge on any atom is -0.480 e. The Kier molecular flexibility index (Phi) is 5.19. The van der Waals surface area contributed by atoms with E-state index in [4.69, 9.17) is 14.6 Å². The fourth-order valence-electron chi connectivity index (χ4n) is 2.01. The molecular weight excluding hydrogens is 342 g/mol. The molecule has 114 valence electrons. The van der Waals surface area contributed by atoms with Crippen LogP contribution in [0.2, 0.25) is 0 Å². The molecule has 1 fully saturated rings. The summed E-state index contributed by atoms with van der Waals surface area (Å²) in [5.74, 6) is -0.679. The molecule has 1 aliphatic heterocycles. The van der Waals surface area contributed by atoms with Gasteiger partial charge in [-0.05, 0) is 41.1 Å². The normalized spacial score (nSPS) is 16.4. The van der Waals surface area contributed by atoms with E-state index in [1.54, 1.807) is 11.8 Å². The Bertz CT molecular complexity index is 542. The first-order valence-corrected chi connectivity index (χ1v) is 7.34. The van der Waals surface area contributed by atoms with Crippen LogP contribution in [0.4, 0.5) is 0 Å². The summed E-state index contributed by atoms with van der Waals surface area (Å²) in [5.41, 5.74) is 0.154. The predicted molar refractivity (Wildman–Crippen MR) is 78.6 cm³/mol. The highest BCUT2D eigenvalue weighted by molar-refractivity contribution is 9.10. The Morgan fingerprint density at radius 1 is 1.38 bits per heavy atom. The van der Waals surface area contributed by atoms with Crippen LogP contribution in [0, 0.1) is 0 Å². The van der Waals surface area contributed by atoms with Crippen LogP contribution < -0.4 is 4.74 Å². The van der Waals surface area contributed by atoms with Gasteiger partial charge in [0.2, 0.25) is 0 Å². The Morgan fingerprint density at radius 3 is 2.62 bits per heavy atom. The van der Waals surface area contributed by atoms with Crippen LogP contribution in [0.1, 0.15) is 17.3 Å². The number of benzene rings is 1. The predicted octanol–water partition coefficient (Wildman–Crippen LogP) is 1.77. The van der Waals surface area contributed by atoms with Gasteiger partial charge in [0.15, 0.2) is 6.10 Å². The van der Waals surface area contributed by atoms with Gasteiger partial charge in [-0.3, -0.25) is 4.79 Å². The summed E-state index contributed by atoms with van der Waals surface area (Å²) in [6, 6.07) is 4.43. The van der Waals surface area contributed by atoms with Gasteiger partial charge in [0.05, 0.1) is 23.2 Å². The maximum absolute atomic E-state index is 12.2. The van der Waals surface area contributed by atoms with Gasteiger partial charge < -0.3 is 19.5 Å². The fraction of sp³-hybridized carbons (Fsp3) is 0.429. The number of morpholine rings is 1. The van der Waals surface area contributed by atoms with E-state index < -0.39 is 12.1 Å². The van der Waals surface area contributed by atoms with E-state index >= 15 is 0 Å². The minimum atomic E-state index is -1.01. The highest BCUT2D eigenvalue weighted by Gasteiger charge is 2.24. The Hall–Kier alpha value is -1.60. The molecule has 21 heavy (non-hydrogen) atoms. The Morgan fingerprint density at radius 2 is 2.05 bits per heavy atom. The number of amides is 1. The molecule has 2 rings (SSSR count). The standard InChI is InChI=1S/C14H16BrNO5/c1-9(13(17)16-4-6-20-7-5-16)21-12-3-2-10(14(18)19)8-11(12)15/h2-3,8-9H,4-7H2,1H3,(H,18,19). The number of aromatic carboxylic acids is 1. The van der Waals surface area contributed by atoms with Gasteiger partial charge in [-0.15, -0.1) is 0 Å². The second-order valence-corrected chi connectivity index (χ2v) is 5.50. The van der Waals surface area contributed by atoms with Crippen molar-refractivity contribution in [2.24, 2.45) is 0 Å². The molecule has 1 N–H and O–H groups in total. The number of hydrogen-bond donors (Lipinski definition) is 1. The molecule has 0 aliphatic carbocycles. The van der Waals surface area contributed by atoms with Crippen molar-refractivity contribution in [3.05, 3.63) is 28.2 Å². The van der Waals surface area contributed by atoms with Gasteiger partial charge in [-0.25, -0.2) is 4.79 Å². The van der Waals surface area contributed by atoms with Crippen LogP contribution >= 0.6 is 15.9 Å². The Labute approximate surface area is 130 Å². The maximum atomic E-state index is 12.2. The summed E-state index contributed by atoms with van der Waals surface area (Å²) in [5, 5.41) is 8.91. The lowest BCUT2D eigenvalue weighted by Gasteiger charge is -2.29. The van der Waals surface area contributed by atoms with Gasteiger partial charge >= 0.3 is 5.97 Å². The van der Waals surface area contributed by atoms with Crippen LogP contribution in [-0.2, 0) is 9.53 Å². The third-order valence-electron chi connectivity index (χ3n) is 3.15. The summed E-state index contributed by atoms with van der Waals surface area (Å²) in [6.07, 6.45) is -0.643. The van der Waals surface area contributed by atoms with Crippen molar-refractivity contribution >= 4 is 27.8 Å². The number of hydrogen-bond acceptors (Lipinski definition) is 4. The molecular formula is C14H16BrNO5. The first-order valence-electron chi connectivity index (χ1n) is 6.55. The molecule has 1 aromatic rings. The minimum absolute atomic E-state index is 0.104. The lowest BCUT2D eigenvalue weighted by molar-refractivity contribution is -0.142. The van der Waals surface area contributed by atoms with E-state index in [-0.39, 0.29) is 11.5 Å². The van der Waals surface area contributed by atoms with Crippen LogP contribution in [0.3, 0.4) is 0 Å². The van der Waals surface area contributed by atoms with Crippen molar-refractivity contribution in [2.75, 3.05) is 26.3 Å². The van der Waals surface area contributed by atoms with Crippen LogP contribution in [0.25, 0.3) is 0 Å². The number of carbonyl (C=O) groups excluding carboxylic acids is 1. The number of halogens is 1. The summed E-state index contributed by atoms with van der Waals surface area (Å²) in [6.45, 7) is 3.87. The monoisotopic (exact) mass is 357 g/mol. The lowest BCUT2D eigenvalue weighted by atomic mass is 10.2. The molecule has 7 heteroatoms. The molecule has 1 amide bonds. The van der Waals surface area contributed by atoms with Gasteiger partial charge in [0.25, 0.3) is 5.91 Å². The molecule has 1 aliphatic rings. The SMILES string of the molecule is CC(Oc1ccc(C(=O)O)cc1Br)C(=O)N1CCOCC1. The van der Waals surface area contributed by atoms with Crippen molar-refractivity contribution in [3.63, 3.8) is 0 Å². The van der Waals surface area contributed by atoms with Gasteiger partial charge in [-0.1, -0.05) is 0 Å². The summed E-state index contributed by atoms with van der Waals surface area (Å²) >= 11 is 3.26. The van der Waals surface area contributed by atoms with Crippen molar-refractivity contribution in [1.82, 2.24) is 4.90 Å². The molecule has 0 saturated carbocycles. The van der Waals surface area contributed by atoms with Gasteiger partial charge in [0.1, 0.15) is 5.75 Å². The van der Waals surface area contributed by atoms with Gasteiger partial charge in [-0.2, -0.15) is 0 Å². The van der Waals surface area contributed by atoms with E-state index in [0.717, 1.165) is 0 Å². The summed E-state index contributed by atoms with van der Waals surface area (Å²) in [4.78, 5) is 24.8. The summed E-state index contributed by atoms with van der Waals surface area (Å²) < 4.78 is 11.3. The second-order valence-electron chi connectivity index (χ2n) is 4.65. The third-order valence-corrected chi connectivity index (χ3v) is 3.77. The first kappa shape index (κ1) is 15.8. The first-order chi connectivity index (χ1) is 9.99. The smallest absolute Gasteiger partial charge is 0.335 e. The molecule has 1 aromatic carbocycles. The number of ether oxygens (including phenoxy) is 2. The third kappa shape index (κ3) is 3.95. The van der Waals surface area contributed by atoms with Crippen molar-refractivity contribution in [2.45, 2.75) is 13.0 Å². The van der Waals surface area contributed by atoms with Crippen molar-refractivity contribution < 1.29 is 24.2 Å². The van der Waals surface area contributed by atoms with E-state index in [9.17, 15) is 9.59 Å². The molecule has 1 saturated heterocycles. The Balaban J connectivity index is 2.03. The molecule has 0 aromatic heterocycles. The molecule has 0 spiro atoms. The molecule has 0 bridgehead atoms. The quantitative estimate of drug-likeness (QED) is 0.888. The zero-order chi connectivity index (χ0) is 15.4. The number of carboxylic acids is 1. The zero-order valence-corrected chi connectivity index (χ0v) is 13.1.